The summed E-state index contributed by atoms with van der Waals surface area (Å²) in [6, 6.07) is 13.7. The highest BCUT2D eigenvalue weighted by molar-refractivity contribution is 7.86. The van der Waals surface area contributed by atoms with Crippen molar-refractivity contribution < 1.29 is 36.8 Å². The van der Waals surface area contributed by atoms with Gasteiger partial charge in [0, 0.05) is 6.07 Å². The number of rotatable bonds is 6. The number of allylic oxidation sites excluding steroid dienone is 1. The van der Waals surface area contributed by atoms with E-state index in [9.17, 15) is 27.8 Å². The summed E-state index contributed by atoms with van der Waals surface area (Å²) in [5.41, 5.74) is 5.45. The molecule has 0 spiro atoms. The van der Waals surface area contributed by atoms with Gasteiger partial charge in [-0.2, -0.15) is 13.7 Å². The van der Waals surface area contributed by atoms with Crippen molar-refractivity contribution in [2.75, 3.05) is 26.2 Å². The fourth-order valence-corrected chi connectivity index (χ4v) is 4.44. The second-order valence-electron chi connectivity index (χ2n) is 7.14. The van der Waals surface area contributed by atoms with Crippen LogP contribution in [-0.2, 0) is 29.2 Å². The van der Waals surface area contributed by atoms with Gasteiger partial charge in [0.1, 0.15) is 22.2 Å². The van der Waals surface area contributed by atoms with Crippen LogP contribution in [0, 0.1) is 11.3 Å². The maximum atomic E-state index is 13.1. The topological polar surface area (TPSA) is 169 Å². The zero-order chi connectivity index (χ0) is 25.9. The molecule has 0 amide bonds. The Bertz CT molecular complexity index is 1390. The molecule has 3 rings (SSSR count). The third-order valence-electron chi connectivity index (χ3n) is 5.30. The summed E-state index contributed by atoms with van der Waals surface area (Å²) in [5.74, 6) is -3.43. The van der Waals surface area contributed by atoms with E-state index in [0.717, 1.165) is 25.2 Å². The minimum atomic E-state index is -4.87. The molecule has 11 nitrogen and oxygen atoms in total. The summed E-state index contributed by atoms with van der Waals surface area (Å²) < 4.78 is 49.2. The van der Waals surface area contributed by atoms with Crippen LogP contribution in [0.15, 0.2) is 76.1 Å². The number of benzene rings is 2. The molecule has 182 valence electrons. The van der Waals surface area contributed by atoms with E-state index in [4.69, 9.17) is 19.9 Å². The van der Waals surface area contributed by atoms with Crippen molar-refractivity contribution in [1.82, 2.24) is 0 Å². The lowest BCUT2D eigenvalue weighted by atomic mass is 9.81. The number of hydrogen-bond donors (Lipinski definition) is 2. The number of nitrogens with zero attached hydrogens (tertiary/aromatic N) is 2. The van der Waals surface area contributed by atoms with Crippen LogP contribution >= 0.6 is 0 Å². The Kier molecular flexibility index (Phi) is 7.14. The van der Waals surface area contributed by atoms with Crippen LogP contribution in [0.5, 0.6) is 5.75 Å². The molecule has 2 aromatic rings. The number of carbonyl (C=O) groups excluding carboxylic acids is 2. The first-order valence-electron chi connectivity index (χ1n) is 9.91. The molecule has 0 saturated carbocycles. The normalized spacial score (nSPS) is 16.0. The van der Waals surface area contributed by atoms with Crippen LogP contribution in [0.25, 0.3) is 0 Å². The van der Waals surface area contributed by atoms with Crippen LogP contribution in [0.4, 0.5) is 5.69 Å². The first-order chi connectivity index (χ1) is 16.6. The summed E-state index contributed by atoms with van der Waals surface area (Å²) >= 11 is 0. The van der Waals surface area contributed by atoms with Crippen molar-refractivity contribution in [3.05, 3.63) is 76.8 Å². The van der Waals surface area contributed by atoms with E-state index in [1.165, 1.54) is 19.2 Å². The monoisotopic (exact) mass is 499 g/mol. The Hall–Kier alpha value is -4.34. The molecule has 0 saturated heterocycles. The maximum absolute atomic E-state index is 13.1. The van der Waals surface area contributed by atoms with Gasteiger partial charge in [0.05, 0.1) is 50.2 Å². The largest absolute Gasteiger partial charge is 0.497 e. The van der Waals surface area contributed by atoms with E-state index >= 15 is 0 Å². The molecule has 1 atom stereocenters. The predicted octanol–water partition coefficient (Wildman–Crippen LogP) is 1.84. The Morgan fingerprint density at radius 1 is 1.06 bits per heavy atom. The first-order valence-corrected chi connectivity index (χ1v) is 11.4. The van der Waals surface area contributed by atoms with Crippen molar-refractivity contribution in [3.8, 4) is 11.8 Å². The van der Waals surface area contributed by atoms with E-state index < -0.39 is 38.6 Å². The van der Waals surface area contributed by atoms with Crippen molar-refractivity contribution >= 4 is 27.7 Å². The number of nitriles is 1. The smallest absolute Gasteiger partial charge is 0.355 e. The van der Waals surface area contributed by atoms with Gasteiger partial charge in [0.2, 0.25) is 0 Å². The van der Waals surface area contributed by atoms with E-state index in [1.54, 1.807) is 30.3 Å². The Morgan fingerprint density at radius 3 is 2.20 bits per heavy atom. The van der Waals surface area contributed by atoms with E-state index in [-0.39, 0.29) is 28.4 Å². The average molecular weight is 500 g/mol. The van der Waals surface area contributed by atoms with Gasteiger partial charge in [-0.15, -0.1) is 0 Å². The second-order valence-corrected chi connectivity index (χ2v) is 8.53. The summed E-state index contributed by atoms with van der Waals surface area (Å²) in [6.45, 7) is 0. The molecule has 12 heteroatoms. The van der Waals surface area contributed by atoms with Gasteiger partial charge in [-0.05, 0) is 17.7 Å². The van der Waals surface area contributed by atoms with Gasteiger partial charge in [-0.3, -0.25) is 9.45 Å². The van der Waals surface area contributed by atoms with Crippen LogP contribution in [0.2, 0.25) is 0 Å². The van der Waals surface area contributed by atoms with E-state index in [2.05, 4.69) is 0 Å². The maximum Gasteiger partial charge on any atom is 0.355 e. The quantitative estimate of drug-likeness (QED) is 0.439. The number of ether oxygens (including phenoxy) is 3. The fraction of sp³-hybridized carbons (Fsp3) is 0.174. The lowest BCUT2D eigenvalue weighted by molar-refractivity contribution is -0.139. The number of anilines is 1. The van der Waals surface area contributed by atoms with Crippen LogP contribution in [-0.4, -0.2) is 46.2 Å². The van der Waals surface area contributed by atoms with Crippen LogP contribution in [0.1, 0.15) is 11.5 Å². The number of esters is 2. The minimum Gasteiger partial charge on any atom is -0.497 e. The van der Waals surface area contributed by atoms with Gasteiger partial charge in [0.15, 0.2) is 0 Å². The van der Waals surface area contributed by atoms with E-state index in [0.29, 0.717) is 5.56 Å². The Morgan fingerprint density at radius 2 is 1.69 bits per heavy atom. The molecule has 35 heavy (non-hydrogen) atoms. The van der Waals surface area contributed by atoms with Crippen molar-refractivity contribution in [3.63, 3.8) is 0 Å². The number of carbonyl (C=O) groups is 2. The molecule has 2 aromatic carbocycles. The lowest BCUT2D eigenvalue weighted by Gasteiger charge is -2.36. The first kappa shape index (κ1) is 25.3. The van der Waals surface area contributed by atoms with Gasteiger partial charge in [-0.25, -0.2) is 9.59 Å². The third kappa shape index (κ3) is 4.54. The highest BCUT2D eigenvalue weighted by Crippen LogP contribution is 2.45. The highest BCUT2D eigenvalue weighted by atomic mass is 32.2. The molecule has 1 unspecified atom stereocenters. The molecule has 0 radical (unpaired) electrons. The van der Waals surface area contributed by atoms with Crippen molar-refractivity contribution in [2.45, 2.75) is 10.8 Å². The predicted molar refractivity (Wildman–Crippen MR) is 122 cm³/mol. The zero-order valence-corrected chi connectivity index (χ0v) is 19.7. The van der Waals surface area contributed by atoms with Crippen LogP contribution < -0.4 is 15.4 Å². The molecular weight excluding hydrogens is 478 g/mol. The number of nitrogens with two attached hydrogens (primary N) is 1. The van der Waals surface area contributed by atoms with Crippen LogP contribution in [0.3, 0.4) is 0 Å². The summed E-state index contributed by atoms with van der Waals surface area (Å²) in [5, 5.41) is 10.0. The molecular formula is C23H21N3O8S. The highest BCUT2D eigenvalue weighted by Gasteiger charge is 2.44. The second kappa shape index (κ2) is 9.88. The number of hydrogen-bond acceptors (Lipinski definition) is 10. The Balaban J connectivity index is 2.53. The molecule has 1 heterocycles. The van der Waals surface area contributed by atoms with Crippen molar-refractivity contribution in [2.24, 2.45) is 5.73 Å². The summed E-state index contributed by atoms with van der Waals surface area (Å²) in [6.07, 6.45) is 0. The molecule has 1 aliphatic rings. The van der Waals surface area contributed by atoms with Crippen molar-refractivity contribution in [1.29, 1.82) is 5.26 Å². The molecule has 0 bridgehead atoms. The lowest BCUT2D eigenvalue weighted by Crippen LogP contribution is -2.41. The summed E-state index contributed by atoms with van der Waals surface area (Å²) in [7, 11) is -1.43. The van der Waals surface area contributed by atoms with E-state index in [1.807, 2.05) is 6.07 Å². The van der Waals surface area contributed by atoms with Gasteiger partial charge < -0.3 is 19.9 Å². The standard InChI is InChI=1S/C23H21N3O8S/c1-32-14-9-10-17(35(29,30)31)16(11-14)26-20(23(28)34-3)19(22(27)33-2)18(15(12-24)21(26)25)13-7-5-4-6-8-13/h4-11,18H,25H2,1-3H3,(H,29,30,31). The molecule has 1 aliphatic heterocycles. The van der Waals surface area contributed by atoms with Gasteiger partial charge in [0.25, 0.3) is 10.1 Å². The number of methoxy groups -OCH3 is 3. The minimum absolute atomic E-state index is 0.132. The Labute approximate surface area is 201 Å². The van der Waals surface area contributed by atoms with Gasteiger partial charge in [-0.1, -0.05) is 30.3 Å². The SMILES string of the molecule is COC(=O)C1=C(C(=O)OC)N(c2cc(OC)ccc2S(=O)(=O)O)C(N)=C(C#N)C1c1ccccc1. The average Bonchev–Trinajstić information content (AvgIpc) is 2.86. The van der Waals surface area contributed by atoms with Gasteiger partial charge >= 0.3 is 11.9 Å². The fourth-order valence-electron chi connectivity index (χ4n) is 3.78. The molecule has 0 fully saturated rings. The molecule has 3 N–H and O–H groups in total. The third-order valence-corrected chi connectivity index (χ3v) is 6.20. The molecule has 0 aliphatic carbocycles. The summed E-state index contributed by atoms with van der Waals surface area (Å²) in [4.78, 5) is 26.3. The zero-order valence-electron chi connectivity index (χ0n) is 18.9. The molecule has 0 aromatic heterocycles.